The van der Waals surface area contributed by atoms with Crippen molar-refractivity contribution in [2.75, 3.05) is 72.6 Å². The van der Waals surface area contributed by atoms with Crippen molar-refractivity contribution < 1.29 is 9.53 Å². The molecule has 29 heavy (non-hydrogen) atoms. The summed E-state index contributed by atoms with van der Waals surface area (Å²) in [7, 11) is 2.08. The zero-order valence-corrected chi connectivity index (χ0v) is 18.6. The molecule has 1 N–H and O–H groups in total. The number of piperazine rings is 1. The predicted molar refractivity (Wildman–Crippen MR) is 117 cm³/mol. The minimum atomic E-state index is 0.303. The Bertz CT molecular complexity index is 523. The van der Waals surface area contributed by atoms with Crippen LogP contribution in [-0.2, 0) is 9.53 Å². The average Bonchev–Trinajstić information content (AvgIpc) is 3.40. The molecule has 2 saturated carbocycles. The van der Waals surface area contributed by atoms with Crippen molar-refractivity contribution in [1.82, 2.24) is 20.0 Å². The number of ether oxygens (including phenoxy) is 1. The predicted octanol–water partition coefficient (Wildman–Crippen LogP) is 1.64. The van der Waals surface area contributed by atoms with Gasteiger partial charge in [0.15, 0.2) is 5.96 Å². The van der Waals surface area contributed by atoms with Crippen LogP contribution >= 0.6 is 0 Å². The van der Waals surface area contributed by atoms with Gasteiger partial charge in [-0.05, 0) is 38.5 Å². The van der Waals surface area contributed by atoms with Gasteiger partial charge < -0.3 is 19.9 Å². The van der Waals surface area contributed by atoms with Crippen LogP contribution in [0.4, 0.5) is 0 Å². The van der Waals surface area contributed by atoms with Gasteiger partial charge in [0.25, 0.3) is 0 Å². The fraction of sp³-hybridized carbons (Fsp3) is 0.909. The SMILES string of the molecule is CCNC(=NCCN1CCN(C(=O)C2CCCC2)CC1)N(C)CCOCC1CC1. The average molecular weight is 408 g/mol. The number of guanidine groups is 1. The lowest BCUT2D eigenvalue weighted by molar-refractivity contribution is -0.137. The summed E-state index contributed by atoms with van der Waals surface area (Å²) < 4.78 is 5.76. The summed E-state index contributed by atoms with van der Waals surface area (Å²) in [5.74, 6) is 2.48. The summed E-state index contributed by atoms with van der Waals surface area (Å²) in [5.41, 5.74) is 0. The Morgan fingerprint density at radius 2 is 1.86 bits per heavy atom. The maximum absolute atomic E-state index is 12.6. The molecule has 3 fully saturated rings. The van der Waals surface area contributed by atoms with Gasteiger partial charge in [-0.3, -0.25) is 14.7 Å². The van der Waals surface area contributed by atoms with Gasteiger partial charge in [-0.15, -0.1) is 0 Å². The number of carbonyl (C=O) groups is 1. The molecular formula is C22H41N5O2. The number of carbonyl (C=O) groups excluding carboxylic acids is 1. The number of aliphatic imine (C=N–C) groups is 1. The Labute approximate surface area is 176 Å². The molecule has 166 valence electrons. The third kappa shape index (κ3) is 7.45. The molecule has 7 nitrogen and oxygen atoms in total. The largest absolute Gasteiger partial charge is 0.379 e. The first-order valence-electron chi connectivity index (χ1n) is 11.8. The maximum atomic E-state index is 12.6. The van der Waals surface area contributed by atoms with E-state index in [1.807, 2.05) is 0 Å². The van der Waals surface area contributed by atoms with Crippen molar-refractivity contribution in [3.05, 3.63) is 0 Å². The van der Waals surface area contributed by atoms with E-state index in [-0.39, 0.29) is 0 Å². The molecule has 0 radical (unpaired) electrons. The number of amides is 1. The van der Waals surface area contributed by atoms with Crippen molar-refractivity contribution in [2.24, 2.45) is 16.8 Å². The monoisotopic (exact) mass is 407 g/mol. The van der Waals surface area contributed by atoms with E-state index in [0.717, 1.165) is 90.3 Å². The van der Waals surface area contributed by atoms with Gasteiger partial charge >= 0.3 is 0 Å². The smallest absolute Gasteiger partial charge is 0.225 e. The quantitative estimate of drug-likeness (QED) is 0.339. The van der Waals surface area contributed by atoms with Crippen LogP contribution < -0.4 is 5.32 Å². The molecule has 0 spiro atoms. The van der Waals surface area contributed by atoms with Crippen LogP contribution in [0.3, 0.4) is 0 Å². The van der Waals surface area contributed by atoms with Crippen molar-refractivity contribution in [2.45, 2.75) is 45.4 Å². The fourth-order valence-electron chi connectivity index (χ4n) is 4.23. The summed E-state index contributed by atoms with van der Waals surface area (Å²) in [6.45, 7) is 10.9. The third-order valence-electron chi connectivity index (χ3n) is 6.38. The number of rotatable bonds is 10. The number of nitrogens with zero attached hydrogens (tertiary/aromatic N) is 4. The lowest BCUT2D eigenvalue weighted by Crippen LogP contribution is -2.50. The topological polar surface area (TPSA) is 60.4 Å². The van der Waals surface area contributed by atoms with Crippen LogP contribution in [0.25, 0.3) is 0 Å². The molecule has 0 aromatic carbocycles. The zero-order valence-electron chi connectivity index (χ0n) is 18.6. The van der Waals surface area contributed by atoms with E-state index < -0.39 is 0 Å². The van der Waals surface area contributed by atoms with Crippen LogP contribution in [0.1, 0.15) is 45.4 Å². The highest BCUT2D eigenvalue weighted by Gasteiger charge is 2.29. The Hall–Kier alpha value is -1.34. The normalized spacial score (nSPS) is 21.6. The summed E-state index contributed by atoms with van der Waals surface area (Å²) in [4.78, 5) is 24.1. The third-order valence-corrected chi connectivity index (χ3v) is 6.38. The van der Waals surface area contributed by atoms with Crippen LogP contribution in [0, 0.1) is 11.8 Å². The van der Waals surface area contributed by atoms with Gasteiger partial charge in [-0.1, -0.05) is 12.8 Å². The van der Waals surface area contributed by atoms with Gasteiger partial charge in [-0.25, -0.2) is 0 Å². The summed E-state index contributed by atoms with van der Waals surface area (Å²) in [6.07, 6.45) is 7.32. The molecule has 3 rings (SSSR count). The molecule has 0 atom stereocenters. The summed E-state index contributed by atoms with van der Waals surface area (Å²) in [6, 6.07) is 0. The molecule has 3 aliphatic rings. The van der Waals surface area contributed by atoms with E-state index >= 15 is 0 Å². The number of hydrogen-bond donors (Lipinski definition) is 1. The van der Waals surface area contributed by atoms with Crippen LogP contribution in [-0.4, -0.2) is 99.2 Å². The minimum Gasteiger partial charge on any atom is -0.379 e. The second-order valence-electron chi connectivity index (χ2n) is 8.82. The number of nitrogens with one attached hydrogen (secondary N) is 1. The standard InChI is InChI=1S/C22H41N5O2/c1-3-23-22(25(2)16-17-29-18-19-8-9-19)24-10-11-26-12-14-27(15-13-26)21(28)20-6-4-5-7-20/h19-20H,3-18H2,1-2H3,(H,23,24). The molecule has 2 aliphatic carbocycles. The van der Waals surface area contributed by atoms with E-state index in [4.69, 9.17) is 9.73 Å². The minimum absolute atomic E-state index is 0.303. The molecule has 1 aliphatic heterocycles. The highest BCUT2D eigenvalue weighted by molar-refractivity contribution is 5.80. The molecule has 0 aromatic heterocycles. The summed E-state index contributed by atoms with van der Waals surface area (Å²) in [5, 5.41) is 3.38. The first-order chi connectivity index (χ1) is 14.2. The van der Waals surface area contributed by atoms with Gasteiger partial charge in [0, 0.05) is 65.4 Å². The Kier molecular flexibility index (Phi) is 9.05. The van der Waals surface area contributed by atoms with E-state index in [9.17, 15) is 4.79 Å². The van der Waals surface area contributed by atoms with Crippen molar-refractivity contribution in [3.63, 3.8) is 0 Å². The number of likely N-dealkylation sites (N-methyl/N-ethyl adjacent to an activating group) is 1. The van der Waals surface area contributed by atoms with Gasteiger partial charge in [0.05, 0.1) is 13.2 Å². The molecule has 0 bridgehead atoms. The molecule has 1 heterocycles. The lowest BCUT2D eigenvalue weighted by atomic mass is 10.1. The highest BCUT2D eigenvalue weighted by Crippen LogP contribution is 2.28. The van der Waals surface area contributed by atoms with Gasteiger partial charge in [0.2, 0.25) is 5.91 Å². The molecular weight excluding hydrogens is 366 g/mol. The maximum Gasteiger partial charge on any atom is 0.225 e. The van der Waals surface area contributed by atoms with Crippen LogP contribution in [0.2, 0.25) is 0 Å². The van der Waals surface area contributed by atoms with E-state index in [2.05, 4.69) is 34.0 Å². The zero-order chi connectivity index (χ0) is 20.5. The van der Waals surface area contributed by atoms with Crippen LogP contribution in [0.15, 0.2) is 4.99 Å². The second-order valence-corrected chi connectivity index (χ2v) is 8.82. The molecule has 1 amide bonds. The van der Waals surface area contributed by atoms with Crippen LogP contribution in [0.5, 0.6) is 0 Å². The van der Waals surface area contributed by atoms with Gasteiger partial charge in [-0.2, -0.15) is 0 Å². The lowest BCUT2D eigenvalue weighted by Gasteiger charge is -2.35. The summed E-state index contributed by atoms with van der Waals surface area (Å²) >= 11 is 0. The molecule has 0 aromatic rings. The van der Waals surface area contributed by atoms with E-state index in [1.165, 1.54) is 25.7 Å². The molecule has 0 unspecified atom stereocenters. The Morgan fingerprint density at radius 1 is 1.14 bits per heavy atom. The first kappa shape index (κ1) is 22.3. The first-order valence-corrected chi connectivity index (χ1v) is 11.8. The second kappa shape index (κ2) is 11.7. The Balaban J connectivity index is 1.33. The van der Waals surface area contributed by atoms with E-state index in [0.29, 0.717) is 11.8 Å². The van der Waals surface area contributed by atoms with Crippen molar-refractivity contribution in [3.8, 4) is 0 Å². The molecule has 7 heteroatoms. The van der Waals surface area contributed by atoms with Crippen molar-refractivity contribution in [1.29, 1.82) is 0 Å². The van der Waals surface area contributed by atoms with Crippen molar-refractivity contribution >= 4 is 11.9 Å². The fourth-order valence-corrected chi connectivity index (χ4v) is 4.23. The van der Waals surface area contributed by atoms with E-state index in [1.54, 1.807) is 0 Å². The van der Waals surface area contributed by atoms with Gasteiger partial charge in [0.1, 0.15) is 0 Å². The Morgan fingerprint density at radius 3 is 2.52 bits per heavy atom. The highest BCUT2D eigenvalue weighted by atomic mass is 16.5. The molecule has 1 saturated heterocycles. The number of hydrogen-bond acceptors (Lipinski definition) is 4.